The van der Waals surface area contributed by atoms with E-state index in [-0.39, 0.29) is 0 Å². The van der Waals surface area contributed by atoms with E-state index in [0.29, 0.717) is 35.9 Å². The maximum absolute atomic E-state index is 9.78. The molecule has 2 aromatic rings. The summed E-state index contributed by atoms with van der Waals surface area (Å²) in [6.07, 6.45) is 6.18. The summed E-state index contributed by atoms with van der Waals surface area (Å²) in [4.78, 5) is 6.92. The highest BCUT2D eigenvalue weighted by Crippen LogP contribution is 2.35. The normalized spacial score (nSPS) is 16.2. The molecule has 7 heteroatoms. The van der Waals surface area contributed by atoms with E-state index in [1.54, 1.807) is 4.68 Å². The highest BCUT2D eigenvalue weighted by atomic mass is 15.3. The van der Waals surface area contributed by atoms with Crippen molar-refractivity contribution in [2.75, 3.05) is 10.6 Å². The van der Waals surface area contributed by atoms with Crippen molar-refractivity contribution in [3.05, 3.63) is 33.6 Å². The number of aromatic nitrogens is 3. The van der Waals surface area contributed by atoms with Crippen molar-refractivity contribution in [3.8, 4) is 12.1 Å². The molecule has 0 atom stereocenters. The van der Waals surface area contributed by atoms with Crippen LogP contribution in [0.4, 0.5) is 11.6 Å². The third-order valence-electron chi connectivity index (χ3n) is 5.47. The Kier molecular flexibility index (Phi) is 4.00. The minimum Gasteiger partial charge on any atom is -0.382 e. The fraction of sp³-hybridized carbons (Fsp3) is 0.474. The van der Waals surface area contributed by atoms with E-state index < -0.39 is 0 Å². The van der Waals surface area contributed by atoms with E-state index in [9.17, 15) is 10.5 Å². The number of nitrogens with zero attached hydrogens (tertiary/aromatic N) is 6. The van der Waals surface area contributed by atoms with Crippen LogP contribution in [0.15, 0.2) is 0 Å². The molecule has 0 fully saturated rings. The maximum Gasteiger partial charge on any atom is 0.150 e. The zero-order valence-corrected chi connectivity index (χ0v) is 14.9. The van der Waals surface area contributed by atoms with Crippen LogP contribution >= 0.6 is 0 Å². The van der Waals surface area contributed by atoms with Gasteiger partial charge in [-0.15, -0.1) is 0 Å². The number of pyridine rings is 1. The molecule has 4 rings (SSSR count). The molecule has 0 saturated heterocycles. The molecule has 0 unspecified atom stereocenters. The van der Waals surface area contributed by atoms with Gasteiger partial charge in [-0.1, -0.05) is 12.8 Å². The van der Waals surface area contributed by atoms with Gasteiger partial charge in [-0.2, -0.15) is 15.6 Å². The van der Waals surface area contributed by atoms with Crippen molar-refractivity contribution in [1.82, 2.24) is 14.8 Å². The molecule has 2 aliphatic rings. The van der Waals surface area contributed by atoms with E-state index in [1.807, 2.05) is 11.9 Å². The van der Waals surface area contributed by atoms with E-state index in [2.05, 4.69) is 17.2 Å². The SMILES string of the molecule is Cn1nc(N)c2c1CN(c1nc3c(c(C#N)c1C#N)CCCCCC3)C2. The predicted octanol–water partition coefficient (Wildman–Crippen LogP) is 2.32. The summed E-state index contributed by atoms with van der Waals surface area (Å²) < 4.78 is 1.79. The van der Waals surface area contributed by atoms with E-state index >= 15 is 0 Å². The molecule has 2 N–H and O–H groups in total. The molecule has 3 heterocycles. The largest absolute Gasteiger partial charge is 0.382 e. The maximum atomic E-state index is 9.78. The lowest BCUT2D eigenvalue weighted by Crippen LogP contribution is -2.22. The highest BCUT2D eigenvalue weighted by Gasteiger charge is 2.30. The molecule has 1 aliphatic carbocycles. The van der Waals surface area contributed by atoms with Crippen LogP contribution in [0.3, 0.4) is 0 Å². The fourth-order valence-corrected chi connectivity index (χ4v) is 4.11. The molecule has 0 amide bonds. The summed E-state index contributed by atoms with van der Waals surface area (Å²) >= 11 is 0. The summed E-state index contributed by atoms with van der Waals surface area (Å²) in [6, 6.07) is 4.54. The average molecular weight is 347 g/mol. The van der Waals surface area contributed by atoms with Gasteiger partial charge in [0.1, 0.15) is 23.5 Å². The van der Waals surface area contributed by atoms with Crippen molar-refractivity contribution in [2.45, 2.75) is 51.6 Å². The van der Waals surface area contributed by atoms with Gasteiger partial charge in [0, 0.05) is 18.3 Å². The Morgan fingerprint density at radius 3 is 2.38 bits per heavy atom. The lowest BCUT2D eigenvalue weighted by molar-refractivity contribution is 0.606. The van der Waals surface area contributed by atoms with Crippen LogP contribution in [0.2, 0.25) is 0 Å². The van der Waals surface area contributed by atoms with Gasteiger partial charge in [-0.05, 0) is 31.2 Å². The Balaban J connectivity index is 1.82. The summed E-state index contributed by atoms with van der Waals surface area (Å²) in [5, 5.41) is 23.8. The van der Waals surface area contributed by atoms with Gasteiger partial charge in [0.25, 0.3) is 0 Å². The summed E-state index contributed by atoms with van der Waals surface area (Å²) in [6.45, 7) is 1.17. The number of anilines is 2. The number of nitrogens with two attached hydrogens (primary N) is 1. The smallest absolute Gasteiger partial charge is 0.150 e. The molecule has 7 nitrogen and oxygen atoms in total. The van der Waals surface area contributed by atoms with E-state index in [0.717, 1.165) is 48.2 Å². The number of aryl methyl sites for hydroxylation is 2. The number of nitrogen functional groups attached to an aromatic ring is 1. The van der Waals surface area contributed by atoms with Gasteiger partial charge in [0.15, 0.2) is 5.82 Å². The summed E-state index contributed by atoms with van der Waals surface area (Å²) in [5.74, 6) is 1.13. The van der Waals surface area contributed by atoms with Gasteiger partial charge in [0.2, 0.25) is 0 Å². The van der Waals surface area contributed by atoms with Crippen molar-refractivity contribution in [1.29, 1.82) is 10.5 Å². The van der Waals surface area contributed by atoms with Crippen LogP contribution in [0.5, 0.6) is 0 Å². The Morgan fingerprint density at radius 2 is 1.69 bits per heavy atom. The first-order valence-electron chi connectivity index (χ1n) is 9.05. The molecule has 0 bridgehead atoms. The van der Waals surface area contributed by atoms with Crippen LogP contribution in [0.1, 0.15) is 59.3 Å². The molecule has 132 valence electrons. The van der Waals surface area contributed by atoms with Gasteiger partial charge in [0.05, 0.1) is 24.3 Å². The molecule has 0 spiro atoms. The van der Waals surface area contributed by atoms with E-state index in [4.69, 9.17) is 10.7 Å². The second kappa shape index (κ2) is 6.34. The third-order valence-corrected chi connectivity index (χ3v) is 5.47. The highest BCUT2D eigenvalue weighted by molar-refractivity contribution is 5.66. The first kappa shape index (κ1) is 16.4. The molecule has 26 heavy (non-hydrogen) atoms. The second-order valence-corrected chi connectivity index (χ2v) is 7.04. The number of hydrogen-bond donors (Lipinski definition) is 1. The van der Waals surface area contributed by atoms with Crippen LogP contribution in [0.25, 0.3) is 0 Å². The monoisotopic (exact) mass is 347 g/mol. The van der Waals surface area contributed by atoms with Gasteiger partial charge in [-0.3, -0.25) is 4.68 Å². The van der Waals surface area contributed by atoms with Crippen LogP contribution < -0.4 is 10.6 Å². The van der Waals surface area contributed by atoms with Gasteiger partial charge < -0.3 is 10.6 Å². The second-order valence-electron chi connectivity index (χ2n) is 7.04. The van der Waals surface area contributed by atoms with Crippen LogP contribution in [-0.2, 0) is 33.0 Å². The Labute approximate surface area is 152 Å². The van der Waals surface area contributed by atoms with Crippen LogP contribution in [0, 0.1) is 22.7 Å². The molecule has 1 aliphatic heterocycles. The number of fused-ring (bicyclic) bond motifs is 2. The minimum absolute atomic E-state index is 0.395. The Hall–Kier alpha value is -3.06. The molecule has 0 radical (unpaired) electrons. The van der Waals surface area contributed by atoms with Crippen LogP contribution in [-0.4, -0.2) is 14.8 Å². The standard InChI is InChI=1S/C19H21N7/c1-25-17-11-26(10-15(17)18(22)24-25)19-14(9-21)13(8-20)12-6-4-2-3-5-7-16(12)23-19/h2-7,10-11H2,1H3,(H2,22,24). The van der Waals surface area contributed by atoms with E-state index in [1.165, 1.54) is 12.8 Å². The van der Waals surface area contributed by atoms with Crippen molar-refractivity contribution >= 4 is 11.6 Å². The molecule has 0 aromatic carbocycles. The Bertz CT molecular complexity index is 931. The number of nitriles is 2. The molecular weight excluding hydrogens is 326 g/mol. The van der Waals surface area contributed by atoms with Crippen molar-refractivity contribution in [2.24, 2.45) is 7.05 Å². The third kappa shape index (κ3) is 2.48. The van der Waals surface area contributed by atoms with Crippen molar-refractivity contribution in [3.63, 3.8) is 0 Å². The first-order valence-corrected chi connectivity index (χ1v) is 9.05. The number of hydrogen-bond acceptors (Lipinski definition) is 6. The van der Waals surface area contributed by atoms with Crippen molar-refractivity contribution < 1.29 is 0 Å². The molecular formula is C19H21N7. The summed E-state index contributed by atoms with van der Waals surface area (Å²) in [5.41, 5.74) is 10.9. The number of rotatable bonds is 1. The molecule has 0 saturated carbocycles. The van der Waals surface area contributed by atoms with Gasteiger partial charge >= 0.3 is 0 Å². The zero-order valence-electron chi connectivity index (χ0n) is 14.9. The minimum atomic E-state index is 0.395. The topological polar surface area (TPSA) is 108 Å². The quantitative estimate of drug-likeness (QED) is 0.848. The fourth-order valence-electron chi connectivity index (χ4n) is 4.11. The van der Waals surface area contributed by atoms with Gasteiger partial charge in [-0.25, -0.2) is 4.98 Å². The predicted molar refractivity (Wildman–Crippen MR) is 97.1 cm³/mol. The average Bonchev–Trinajstić information content (AvgIpc) is 3.16. The Morgan fingerprint density at radius 1 is 0.962 bits per heavy atom. The zero-order chi connectivity index (χ0) is 18.3. The lowest BCUT2D eigenvalue weighted by Gasteiger charge is -2.23. The lowest BCUT2D eigenvalue weighted by atomic mass is 9.91. The summed E-state index contributed by atoms with van der Waals surface area (Å²) in [7, 11) is 1.87. The first-order chi connectivity index (χ1) is 12.6. The molecule has 2 aromatic heterocycles.